The lowest BCUT2D eigenvalue weighted by atomic mass is 9.95. The van der Waals surface area contributed by atoms with Crippen LogP contribution in [0.1, 0.15) is 50.2 Å². The van der Waals surface area contributed by atoms with Crippen LogP contribution in [0.2, 0.25) is 0 Å². The van der Waals surface area contributed by atoms with Crippen molar-refractivity contribution in [2.24, 2.45) is 0 Å². The van der Waals surface area contributed by atoms with E-state index in [9.17, 15) is 14.4 Å². The van der Waals surface area contributed by atoms with E-state index in [0.717, 1.165) is 19.6 Å². The Labute approximate surface area is 257 Å². The third kappa shape index (κ3) is 10.7. The minimum absolute atomic E-state index is 0.0649. The van der Waals surface area contributed by atoms with E-state index in [-0.39, 0.29) is 17.6 Å². The molecule has 0 amide bonds. The lowest BCUT2D eigenvalue weighted by molar-refractivity contribution is -0.170. The maximum atomic E-state index is 10.3. The van der Waals surface area contributed by atoms with Crippen molar-refractivity contribution in [3.05, 3.63) is 101 Å². The molecule has 0 atom stereocenters. The molecule has 3 aromatic rings. The molecule has 0 spiro atoms. The molecule has 0 bridgehead atoms. The van der Waals surface area contributed by atoms with Crippen LogP contribution in [0, 0.1) is 0 Å². The molecule has 3 rings (SSSR count). The summed E-state index contributed by atoms with van der Waals surface area (Å²) in [5, 5.41) is 34.1. The van der Waals surface area contributed by atoms with Gasteiger partial charge in [0.25, 0.3) is 0 Å². The molecule has 0 aliphatic rings. The largest absolute Gasteiger partial charge is 0.492 e. The van der Waals surface area contributed by atoms with Crippen molar-refractivity contribution in [2.45, 2.75) is 32.3 Å². The van der Waals surface area contributed by atoms with Crippen molar-refractivity contribution in [3.63, 3.8) is 0 Å². The SMILES string of the molecule is O=C(O)CC(O)(CC(=O)O)C(=O)O.[2H]c1c([2H])c([2H])c(/C(=C(/Cl)c2ccccc2)c2ccc(OCCN(CC)CC)cc2)c([2H])c1[2H]. The molecule has 224 valence electrons. The Balaban J connectivity index is 0.000000500. The number of carboxylic acid groups (broad SMARTS) is 3. The second-order valence-electron chi connectivity index (χ2n) is 8.93. The molecule has 0 saturated heterocycles. The molecule has 0 aromatic heterocycles. The number of aliphatic hydroxyl groups is 1. The second kappa shape index (κ2) is 16.9. The van der Waals surface area contributed by atoms with E-state index < -0.39 is 54.5 Å². The van der Waals surface area contributed by atoms with Gasteiger partial charge in [0.2, 0.25) is 0 Å². The lowest BCUT2D eigenvalue weighted by Gasteiger charge is -2.18. The van der Waals surface area contributed by atoms with Gasteiger partial charge in [0, 0.05) is 12.1 Å². The fourth-order valence-corrected chi connectivity index (χ4v) is 4.08. The Morgan fingerprint density at radius 3 is 1.86 bits per heavy atom. The average molecular weight is 603 g/mol. The summed E-state index contributed by atoms with van der Waals surface area (Å²) in [6, 6.07) is 14.6. The first-order chi connectivity index (χ1) is 22.1. The van der Waals surface area contributed by atoms with Crippen LogP contribution < -0.4 is 4.74 Å². The lowest BCUT2D eigenvalue weighted by Crippen LogP contribution is -2.42. The van der Waals surface area contributed by atoms with E-state index in [0.29, 0.717) is 34.1 Å². The quantitative estimate of drug-likeness (QED) is 0.180. The molecular formula is C32H36ClNO8. The second-order valence-corrected chi connectivity index (χ2v) is 9.31. The van der Waals surface area contributed by atoms with Gasteiger partial charge < -0.3 is 30.1 Å². The van der Waals surface area contributed by atoms with E-state index in [4.69, 9.17) is 43.6 Å². The van der Waals surface area contributed by atoms with Crippen LogP contribution in [0.25, 0.3) is 10.6 Å². The first kappa shape index (κ1) is 26.7. The van der Waals surface area contributed by atoms with Gasteiger partial charge in [-0.15, -0.1) is 0 Å². The van der Waals surface area contributed by atoms with Crippen LogP contribution in [0.3, 0.4) is 0 Å². The monoisotopic (exact) mass is 602 g/mol. The summed E-state index contributed by atoms with van der Waals surface area (Å²) < 4.78 is 47.0. The number of rotatable bonds is 14. The Bertz CT molecular complexity index is 1550. The zero-order valence-corrected chi connectivity index (χ0v) is 23.9. The molecule has 42 heavy (non-hydrogen) atoms. The summed E-state index contributed by atoms with van der Waals surface area (Å²) in [5.41, 5.74) is -0.985. The van der Waals surface area contributed by atoms with Gasteiger partial charge in [0.15, 0.2) is 5.60 Å². The molecule has 4 N–H and O–H groups in total. The number of carbonyl (C=O) groups is 3. The molecule has 0 heterocycles. The number of likely N-dealkylation sites (N-methyl/N-ethyl adjacent to an activating group) is 1. The van der Waals surface area contributed by atoms with Gasteiger partial charge in [0.1, 0.15) is 12.4 Å². The van der Waals surface area contributed by atoms with Crippen molar-refractivity contribution in [2.75, 3.05) is 26.2 Å². The summed E-state index contributed by atoms with van der Waals surface area (Å²) in [6.07, 6.45) is -2.29. The zero-order valence-electron chi connectivity index (χ0n) is 28.2. The number of aliphatic carboxylic acids is 3. The van der Waals surface area contributed by atoms with Crippen LogP contribution in [0.5, 0.6) is 5.75 Å². The fraction of sp³-hybridized carbons (Fsp3) is 0.281. The minimum Gasteiger partial charge on any atom is -0.492 e. The smallest absolute Gasteiger partial charge is 0.336 e. The molecule has 0 fully saturated rings. The van der Waals surface area contributed by atoms with E-state index >= 15 is 0 Å². The molecule has 0 unspecified atom stereocenters. The Morgan fingerprint density at radius 2 is 1.38 bits per heavy atom. The highest BCUT2D eigenvalue weighted by molar-refractivity contribution is 6.53. The highest BCUT2D eigenvalue weighted by Crippen LogP contribution is 2.35. The fourth-order valence-electron chi connectivity index (χ4n) is 3.75. The van der Waals surface area contributed by atoms with Crippen molar-refractivity contribution < 1.29 is 46.4 Å². The van der Waals surface area contributed by atoms with Gasteiger partial charge in [-0.3, -0.25) is 9.59 Å². The number of hydrogen-bond donors (Lipinski definition) is 4. The van der Waals surface area contributed by atoms with Crippen LogP contribution in [0.4, 0.5) is 0 Å². The van der Waals surface area contributed by atoms with Gasteiger partial charge in [-0.25, -0.2) is 4.79 Å². The van der Waals surface area contributed by atoms with Crippen molar-refractivity contribution in [3.8, 4) is 5.75 Å². The summed E-state index contributed by atoms with van der Waals surface area (Å²) in [6.45, 7) is 7.52. The number of nitrogens with zero attached hydrogens (tertiary/aromatic N) is 1. The predicted molar refractivity (Wildman–Crippen MR) is 161 cm³/mol. The van der Waals surface area contributed by atoms with Crippen molar-refractivity contribution in [1.29, 1.82) is 0 Å². The number of benzene rings is 3. The topological polar surface area (TPSA) is 145 Å². The number of halogens is 1. The third-order valence-electron chi connectivity index (χ3n) is 6.00. The minimum atomic E-state index is -2.74. The maximum Gasteiger partial charge on any atom is 0.336 e. The van der Waals surface area contributed by atoms with Crippen LogP contribution in [0.15, 0.2) is 84.8 Å². The molecule has 10 heteroatoms. The van der Waals surface area contributed by atoms with Gasteiger partial charge >= 0.3 is 17.9 Å². The van der Waals surface area contributed by atoms with Crippen LogP contribution in [-0.4, -0.2) is 75.1 Å². The Hall–Kier alpha value is -4.18. The standard InChI is InChI=1S/C26H28ClNO.C6H8O7/c1-3-28(4-2)19-20-29-24-17-15-22(16-18-24)25(21-11-7-5-8-12-21)26(27)23-13-9-6-10-14-23;7-3(8)1-6(13,5(11)12)2-4(9)10/h5-18H,3-4,19-20H2,1-2H3;13H,1-2H2,(H,7,8)(H,9,10)(H,11,12)/b26-25-;/i5D,7D,8D,11D,12D;. The average Bonchev–Trinajstić information content (AvgIpc) is 3.03. The summed E-state index contributed by atoms with van der Waals surface area (Å²) in [4.78, 5) is 32.8. The Kier molecular flexibility index (Phi) is 10.8. The van der Waals surface area contributed by atoms with Gasteiger partial charge in [-0.2, -0.15) is 0 Å². The summed E-state index contributed by atoms with van der Waals surface area (Å²) in [5.74, 6) is -4.33. The van der Waals surface area contributed by atoms with Gasteiger partial charge in [-0.05, 0) is 41.9 Å². The van der Waals surface area contributed by atoms with E-state index in [1.54, 1.807) is 12.1 Å². The first-order valence-corrected chi connectivity index (χ1v) is 13.3. The number of carboxylic acids is 3. The van der Waals surface area contributed by atoms with E-state index in [2.05, 4.69) is 18.7 Å². The van der Waals surface area contributed by atoms with E-state index in [1.165, 1.54) is 0 Å². The molecule has 9 nitrogen and oxygen atoms in total. The summed E-state index contributed by atoms with van der Waals surface area (Å²) in [7, 11) is 0. The normalized spacial score (nSPS) is 13.3. The number of hydrogen-bond acceptors (Lipinski definition) is 6. The molecular weight excluding hydrogens is 562 g/mol. The first-order valence-electron chi connectivity index (χ1n) is 15.4. The molecule has 0 aliphatic carbocycles. The molecule has 0 aliphatic heterocycles. The Morgan fingerprint density at radius 1 is 0.833 bits per heavy atom. The molecule has 0 saturated carbocycles. The van der Waals surface area contributed by atoms with E-state index in [1.807, 2.05) is 42.5 Å². The van der Waals surface area contributed by atoms with Crippen LogP contribution in [-0.2, 0) is 14.4 Å². The molecule has 0 radical (unpaired) electrons. The maximum absolute atomic E-state index is 10.3. The van der Waals surface area contributed by atoms with Crippen LogP contribution >= 0.6 is 11.6 Å². The highest BCUT2D eigenvalue weighted by atomic mass is 35.5. The third-order valence-corrected chi connectivity index (χ3v) is 6.40. The zero-order chi connectivity index (χ0) is 35.5. The van der Waals surface area contributed by atoms with Crippen molar-refractivity contribution in [1.82, 2.24) is 4.90 Å². The predicted octanol–water partition coefficient (Wildman–Crippen LogP) is 5.31. The van der Waals surface area contributed by atoms with Crippen molar-refractivity contribution >= 4 is 40.1 Å². The highest BCUT2D eigenvalue weighted by Gasteiger charge is 2.40. The number of ether oxygens (including phenoxy) is 1. The summed E-state index contributed by atoms with van der Waals surface area (Å²) >= 11 is 6.83. The molecule has 3 aromatic carbocycles. The van der Waals surface area contributed by atoms with Gasteiger partial charge in [-0.1, -0.05) is 98.1 Å². The van der Waals surface area contributed by atoms with Gasteiger partial charge in [0.05, 0.1) is 24.7 Å².